The number of unbranched alkanes of at least 4 members (excludes halogenated alkanes) is 1. The first kappa shape index (κ1) is 24.3. The van der Waals surface area contributed by atoms with Crippen molar-refractivity contribution >= 4 is 35.2 Å². The molecule has 0 aliphatic heterocycles. The topological polar surface area (TPSA) is 49.4 Å². The van der Waals surface area contributed by atoms with E-state index in [4.69, 9.17) is 11.6 Å². The molecule has 2 amide bonds. The fourth-order valence-corrected chi connectivity index (χ4v) is 4.16. The van der Waals surface area contributed by atoms with Gasteiger partial charge in [-0.15, -0.1) is 11.8 Å². The summed E-state index contributed by atoms with van der Waals surface area (Å²) in [7, 11) is 0. The van der Waals surface area contributed by atoms with Gasteiger partial charge >= 0.3 is 0 Å². The summed E-state index contributed by atoms with van der Waals surface area (Å²) in [4.78, 5) is 27.4. The molecule has 2 aromatic rings. The lowest BCUT2D eigenvalue weighted by atomic mass is 10.1. The number of halogens is 1. The highest BCUT2D eigenvalue weighted by atomic mass is 35.5. The Kier molecular flexibility index (Phi) is 10.2. The number of hydrogen-bond donors (Lipinski definition) is 1. The molecule has 30 heavy (non-hydrogen) atoms. The van der Waals surface area contributed by atoms with E-state index in [9.17, 15) is 9.59 Å². The molecule has 0 unspecified atom stereocenters. The van der Waals surface area contributed by atoms with Gasteiger partial charge < -0.3 is 10.2 Å². The van der Waals surface area contributed by atoms with Crippen molar-refractivity contribution in [3.63, 3.8) is 0 Å². The van der Waals surface area contributed by atoms with Crippen molar-refractivity contribution in [3.05, 3.63) is 70.2 Å². The van der Waals surface area contributed by atoms with Crippen molar-refractivity contribution in [1.82, 2.24) is 10.2 Å². The van der Waals surface area contributed by atoms with Gasteiger partial charge in [-0.2, -0.15) is 0 Å². The summed E-state index contributed by atoms with van der Waals surface area (Å²) in [5.74, 6) is 0.859. The van der Waals surface area contributed by atoms with Crippen LogP contribution in [0.25, 0.3) is 0 Å². The lowest BCUT2D eigenvalue weighted by Crippen LogP contribution is -2.48. The zero-order valence-corrected chi connectivity index (χ0v) is 19.6. The number of aryl methyl sites for hydroxylation is 1. The Morgan fingerprint density at radius 2 is 1.87 bits per heavy atom. The van der Waals surface area contributed by atoms with E-state index in [1.807, 2.05) is 49.4 Å². The standard InChI is InChI=1S/C24H31ClN2O2S/c1-4-5-12-26-24(29)19(3)27(15-20-9-6-8-18(2)13-20)23(28)17-30-16-21-10-7-11-22(25)14-21/h6-11,13-14,19H,4-5,12,15-17H2,1-3H3,(H,26,29)/t19-/m0/s1. The molecule has 0 fully saturated rings. The van der Waals surface area contributed by atoms with Crippen molar-refractivity contribution < 1.29 is 9.59 Å². The molecule has 2 aromatic carbocycles. The Hall–Kier alpha value is -1.98. The number of rotatable bonds is 11. The molecule has 1 N–H and O–H groups in total. The Morgan fingerprint density at radius 1 is 1.13 bits per heavy atom. The van der Waals surface area contributed by atoms with Gasteiger partial charge in [-0.05, 0) is 43.5 Å². The van der Waals surface area contributed by atoms with Crippen LogP contribution in [0.5, 0.6) is 0 Å². The molecule has 0 saturated heterocycles. The molecule has 0 radical (unpaired) electrons. The van der Waals surface area contributed by atoms with E-state index in [0.29, 0.717) is 29.6 Å². The summed E-state index contributed by atoms with van der Waals surface area (Å²) in [6.45, 7) is 6.96. The van der Waals surface area contributed by atoms with Gasteiger partial charge in [0.05, 0.1) is 5.75 Å². The van der Waals surface area contributed by atoms with Crippen LogP contribution in [0.3, 0.4) is 0 Å². The van der Waals surface area contributed by atoms with E-state index >= 15 is 0 Å². The third kappa shape index (κ3) is 8.04. The summed E-state index contributed by atoms with van der Waals surface area (Å²) in [6, 6.07) is 15.2. The van der Waals surface area contributed by atoms with Crippen LogP contribution in [0.2, 0.25) is 5.02 Å². The molecule has 1 atom stereocenters. The molecule has 0 aliphatic rings. The first-order chi connectivity index (χ1) is 14.4. The first-order valence-corrected chi connectivity index (χ1v) is 11.9. The van der Waals surface area contributed by atoms with E-state index < -0.39 is 6.04 Å². The summed E-state index contributed by atoms with van der Waals surface area (Å²) < 4.78 is 0. The van der Waals surface area contributed by atoms with Crippen molar-refractivity contribution in [3.8, 4) is 0 Å². The highest BCUT2D eigenvalue weighted by molar-refractivity contribution is 7.99. The molecular formula is C24H31ClN2O2S. The third-order valence-electron chi connectivity index (χ3n) is 4.82. The molecule has 0 aliphatic carbocycles. The zero-order valence-electron chi connectivity index (χ0n) is 18.0. The monoisotopic (exact) mass is 446 g/mol. The summed E-state index contributed by atoms with van der Waals surface area (Å²) in [6.07, 6.45) is 1.94. The van der Waals surface area contributed by atoms with Gasteiger partial charge in [-0.3, -0.25) is 9.59 Å². The average Bonchev–Trinajstić information content (AvgIpc) is 2.71. The maximum atomic E-state index is 13.1. The minimum absolute atomic E-state index is 0.0401. The molecule has 6 heteroatoms. The molecule has 0 bridgehead atoms. The lowest BCUT2D eigenvalue weighted by Gasteiger charge is -2.29. The molecule has 162 valence electrons. The largest absolute Gasteiger partial charge is 0.354 e. The highest BCUT2D eigenvalue weighted by Gasteiger charge is 2.25. The maximum absolute atomic E-state index is 13.1. The predicted molar refractivity (Wildman–Crippen MR) is 127 cm³/mol. The Bertz CT molecular complexity index is 843. The summed E-state index contributed by atoms with van der Waals surface area (Å²) >= 11 is 7.57. The summed E-state index contributed by atoms with van der Waals surface area (Å²) in [5.41, 5.74) is 3.24. The predicted octanol–water partition coefficient (Wildman–Crippen LogP) is 5.22. The van der Waals surface area contributed by atoms with Gasteiger partial charge in [0.1, 0.15) is 6.04 Å². The number of nitrogens with zero attached hydrogens (tertiary/aromatic N) is 1. The van der Waals surface area contributed by atoms with Crippen molar-refractivity contribution in [2.75, 3.05) is 12.3 Å². The van der Waals surface area contributed by atoms with Crippen LogP contribution in [0, 0.1) is 6.92 Å². The molecule has 2 rings (SSSR count). The molecule has 0 aromatic heterocycles. The maximum Gasteiger partial charge on any atom is 0.242 e. The van der Waals surface area contributed by atoms with Crippen molar-refractivity contribution in [2.24, 2.45) is 0 Å². The summed E-state index contributed by atoms with van der Waals surface area (Å²) in [5, 5.41) is 3.64. The molecule has 0 spiro atoms. The Morgan fingerprint density at radius 3 is 2.57 bits per heavy atom. The minimum Gasteiger partial charge on any atom is -0.354 e. The molecule has 0 heterocycles. The molecule has 0 saturated carbocycles. The van der Waals surface area contributed by atoms with Gasteiger partial charge in [-0.1, -0.05) is 66.9 Å². The van der Waals surface area contributed by atoms with Crippen LogP contribution in [-0.4, -0.2) is 35.1 Å². The fourth-order valence-electron chi connectivity index (χ4n) is 3.09. The normalized spacial score (nSPS) is 11.7. The number of benzene rings is 2. The van der Waals surface area contributed by atoms with E-state index in [2.05, 4.69) is 18.3 Å². The quantitative estimate of drug-likeness (QED) is 0.481. The third-order valence-corrected chi connectivity index (χ3v) is 6.04. The van der Waals surface area contributed by atoms with E-state index in [0.717, 1.165) is 29.5 Å². The second-order valence-electron chi connectivity index (χ2n) is 7.45. The van der Waals surface area contributed by atoms with E-state index in [1.165, 1.54) is 11.8 Å². The van der Waals surface area contributed by atoms with E-state index in [1.54, 1.807) is 11.8 Å². The second kappa shape index (κ2) is 12.7. The fraction of sp³-hybridized carbons (Fsp3) is 0.417. The van der Waals surface area contributed by atoms with Gasteiger partial charge in [-0.25, -0.2) is 0 Å². The molecule has 4 nitrogen and oxygen atoms in total. The van der Waals surface area contributed by atoms with Crippen LogP contribution in [0.15, 0.2) is 48.5 Å². The van der Waals surface area contributed by atoms with Crippen molar-refractivity contribution in [2.45, 2.75) is 52.0 Å². The van der Waals surface area contributed by atoms with Gasteiger partial charge in [0.25, 0.3) is 0 Å². The number of amides is 2. The Labute approximate surface area is 189 Å². The highest BCUT2D eigenvalue weighted by Crippen LogP contribution is 2.18. The number of thioether (sulfide) groups is 1. The SMILES string of the molecule is CCCCNC(=O)[C@H](C)N(Cc1cccc(C)c1)C(=O)CSCc1cccc(Cl)c1. The van der Waals surface area contributed by atoms with Crippen LogP contribution in [0.1, 0.15) is 43.4 Å². The van der Waals surface area contributed by atoms with E-state index in [-0.39, 0.29) is 11.8 Å². The molecular weight excluding hydrogens is 416 g/mol. The zero-order chi connectivity index (χ0) is 21.9. The number of carbonyl (C=O) groups is 2. The number of nitrogens with one attached hydrogen (secondary N) is 1. The second-order valence-corrected chi connectivity index (χ2v) is 8.88. The van der Waals surface area contributed by atoms with Crippen LogP contribution < -0.4 is 5.32 Å². The lowest BCUT2D eigenvalue weighted by molar-refractivity contribution is -0.138. The minimum atomic E-state index is -0.526. The van der Waals surface area contributed by atoms with Crippen LogP contribution in [0.4, 0.5) is 0 Å². The first-order valence-electron chi connectivity index (χ1n) is 10.4. The van der Waals surface area contributed by atoms with Gasteiger partial charge in [0.15, 0.2) is 0 Å². The van der Waals surface area contributed by atoms with Crippen LogP contribution in [-0.2, 0) is 21.9 Å². The smallest absolute Gasteiger partial charge is 0.242 e. The van der Waals surface area contributed by atoms with Crippen molar-refractivity contribution in [1.29, 1.82) is 0 Å². The van der Waals surface area contributed by atoms with Gasteiger partial charge in [0, 0.05) is 23.9 Å². The van der Waals surface area contributed by atoms with Crippen LogP contribution >= 0.6 is 23.4 Å². The number of carbonyl (C=O) groups excluding carboxylic acids is 2. The van der Waals surface area contributed by atoms with Gasteiger partial charge in [0.2, 0.25) is 11.8 Å². The average molecular weight is 447 g/mol. The Balaban J connectivity index is 2.04. The number of hydrogen-bond acceptors (Lipinski definition) is 3.